The van der Waals surface area contributed by atoms with Gasteiger partial charge >= 0.3 is 11.9 Å². The van der Waals surface area contributed by atoms with Crippen molar-refractivity contribution in [2.45, 2.75) is 6.92 Å². The smallest absolute Gasteiger partial charge is 0.348 e. The maximum atomic E-state index is 11.8. The lowest BCUT2D eigenvalue weighted by Crippen LogP contribution is -2.08. The number of fused-ring (bicyclic) bond motifs is 1. The lowest BCUT2D eigenvalue weighted by molar-refractivity contribution is 0.0561. The Kier molecular flexibility index (Phi) is 3.34. The van der Waals surface area contributed by atoms with Crippen LogP contribution >= 0.6 is 11.3 Å². The normalized spacial score (nSPS) is 10.4. The Bertz CT molecular complexity index is 627. The van der Waals surface area contributed by atoms with Gasteiger partial charge in [0.2, 0.25) is 0 Å². The van der Waals surface area contributed by atoms with Crippen molar-refractivity contribution in [1.82, 2.24) is 0 Å². The molecule has 0 saturated carbocycles. The first-order valence-electron chi connectivity index (χ1n) is 5.28. The van der Waals surface area contributed by atoms with Crippen molar-refractivity contribution in [1.29, 1.82) is 0 Å². The number of aryl methyl sites for hydroxylation is 1. The summed E-state index contributed by atoms with van der Waals surface area (Å²) in [5, 5.41) is 0.720. The van der Waals surface area contributed by atoms with E-state index >= 15 is 0 Å². The minimum Gasteiger partial charge on any atom is -0.465 e. The molecule has 18 heavy (non-hydrogen) atoms. The van der Waals surface area contributed by atoms with Crippen LogP contribution in [0.5, 0.6) is 0 Å². The van der Waals surface area contributed by atoms with Crippen molar-refractivity contribution in [2.24, 2.45) is 0 Å². The molecule has 0 fully saturated rings. The number of carbonyl (C=O) groups excluding carboxylic acids is 2. The predicted molar refractivity (Wildman–Crippen MR) is 69.2 cm³/mol. The van der Waals surface area contributed by atoms with Crippen molar-refractivity contribution in [3.8, 4) is 0 Å². The molecule has 0 atom stereocenters. The van der Waals surface area contributed by atoms with Crippen molar-refractivity contribution < 1.29 is 19.1 Å². The van der Waals surface area contributed by atoms with Gasteiger partial charge in [0.15, 0.2) is 0 Å². The summed E-state index contributed by atoms with van der Waals surface area (Å²) in [7, 11) is 2.58. The number of methoxy groups -OCH3 is 2. The second kappa shape index (κ2) is 4.78. The quantitative estimate of drug-likeness (QED) is 0.783. The van der Waals surface area contributed by atoms with Crippen molar-refractivity contribution >= 4 is 33.4 Å². The average Bonchev–Trinajstić information content (AvgIpc) is 2.75. The molecule has 2 rings (SSSR count). The van der Waals surface area contributed by atoms with Gasteiger partial charge in [-0.05, 0) is 18.6 Å². The Labute approximate surface area is 108 Å². The second-order valence-electron chi connectivity index (χ2n) is 3.79. The molecule has 0 aliphatic rings. The van der Waals surface area contributed by atoms with Gasteiger partial charge in [-0.3, -0.25) is 0 Å². The molecular formula is C13H12O4S. The van der Waals surface area contributed by atoms with E-state index in [2.05, 4.69) is 0 Å². The summed E-state index contributed by atoms with van der Waals surface area (Å²) >= 11 is 1.24. The number of hydrogen-bond donors (Lipinski definition) is 0. The second-order valence-corrected chi connectivity index (χ2v) is 4.84. The van der Waals surface area contributed by atoms with Gasteiger partial charge in [-0.1, -0.05) is 12.1 Å². The van der Waals surface area contributed by atoms with Crippen LogP contribution in [0.15, 0.2) is 18.2 Å². The van der Waals surface area contributed by atoms with E-state index in [4.69, 9.17) is 9.47 Å². The first-order valence-corrected chi connectivity index (χ1v) is 6.10. The lowest BCUT2D eigenvalue weighted by atomic mass is 10.1. The summed E-state index contributed by atoms with van der Waals surface area (Å²) in [5.74, 6) is -1.04. The maximum absolute atomic E-state index is 11.8. The van der Waals surface area contributed by atoms with E-state index < -0.39 is 11.9 Å². The molecule has 4 nitrogen and oxygen atoms in total. The fourth-order valence-corrected chi connectivity index (χ4v) is 2.95. The molecule has 1 aromatic heterocycles. The predicted octanol–water partition coefficient (Wildman–Crippen LogP) is 2.78. The molecule has 0 saturated heterocycles. The fourth-order valence-electron chi connectivity index (χ4n) is 1.74. The van der Waals surface area contributed by atoms with Gasteiger partial charge < -0.3 is 9.47 Å². The molecule has 0 unspecified atom stereocenters. The Morgan fingerprint density at radius 2 is 1.78 bits per heavy atom. The number of esters is 2. The third-order valence-corrected chi connectivity index (χ3v) is 3.74. The SMILES string of the molecule is COC(=O)c1sc2cc(C)ccc2c1C(=O)OC. The van der Waals surface area contributed by atoms with Gasteiger partial charge in [-0.15, -0.1) is 11.3 Å². The molecule has 1 heterocycles. The highest BCUT2D eigenvalue weighted by atomic mass is 32.1. The number of benzene rings is 1. The van der Waals surface area contributed by atoms with Gasteiger partial charge in [-0.25, -0.2) is 9.59 Å². The summed E-state index contributed by atoms with van der Waals surface area (Å²) < 4.78 is 10.3. The van der Waals surface area contributed by atoms with Crippen LogP contribution in [0.4, 0.5) is 0 Å². The van der Waals surface area contributed by atoms with Crippen molar-refractivity contribution in [3.05, 3.63) is 34.2 Å². The monoisotopic (exact) mass is 264 g/mol. The van der Waals surface area contributed by atoms with Crippen LogP contribution in [-0.2, 0) is 9.47 Å². The first-order chi connectivity index (χ1) is 8.58. The van der Waals surface area contributed by atoms with E-state index in [9.17, 15) is 9.59 Å². The summed E-state index contributed by atoms with van der Waals surface area (Å²) in [6.07, 6.45) is 0. The zero-order valence-electron chi connectivity index (χ0n) is 10.3. The van der Waals surface area contributed by atoms with Gasteiger partial charge in [0, 0.05) is 10.1 Å². The van der Waals surface area contributed by atoms with Crippen LogP contribution in [0, 0.1) is 6.92 Å². The van der Waals surface area contributed by atoms with Gasteiger partial charge in [0.05, 0.1) is 19.8 Å². The highest BCUT2D eigenvalue weighted by molar-refractivity contribution is 7.21. The molecule has 5 heteroatoms. The zero-order valence-corrected chi connectivity index (χ0v) is 11.1. The van der Waals surface area contributed by atoms with Crippen LogP contribution < -0.4 is 0 Å². The van der Waals surface area contributed by atoms with Crippen LogP contribution in [0.1, 0.15) is 25.6 Å². The van der Waals surface area contributed by atoms with E-state index in [0.717, 1.165) is 15.6 Å². The average molecular weight is 264 g/mol. The molecule has 1 aromatic carbocycles. The summed E-state index contributed by atoms with van der Waals surface area (Å²) in [6.45, 7) is 1.95. The van der Waals surface area contributed by atoms with Crippen LogP contribution in [0.2, 0.25) is 0 Å². The van der Waals surface area contributed by atoms with Crippen molar-refractivity contribution in [3.63, 3.8) is 0 Å². The highest BCUT2D eigenvalue weighted by Crippen LogP contribution is 2.33. The molecule has 0 radical (unpaired) electrons. The Morgan fingerprint density at radius 1 is 1.11 bits per heavy atom. The van der Waals surface area contributed by atoms with Gasteiger partial charge in [0.1, 0.15) is 4.88 Å². The minimum atomic E-state index is -0.523. The van der Waals surface area contributed by atoms with Crippen LogP contribution in [0.25, 0.3) is 10.1 Å². The van der Waals surface area contributed by atoms with Gasteiger partial charge in [0.25, 0.3) is 0 Å². The Morgan fingerprint density at radius 3 is 2.39 bits per heavy atom. The molecule has 0 N–H and O–H groups in total. The third-order valence-electron chi connectivity index (χ3n) is 2.61. The Hall–Kier alpha value is -1.88. The van der Waals surface area contributed by atoms with Crippen molar-refractivity contribution in [2.75, 3.05) is 14.2 Å². The number of thiophene rings is 1. The highest BCUT2D eigenvalue weighted by Gasteiger charge is 2.24. The van der Waals surface area contributed by atoms with Crippen LogP contribution in [-0.4, -0.2) is 26.2 Å². The third kappa shape index (κ3) is 1.97. The standard InChI is InChI=1S/C13H12O4S/c1-7-4-5-8-9(6-7)18-11(13(15)17-3)10(8)12(14)16-2/h4-6H,1-3H3. The molecule has 0 amide bonds. The number of carbonyl (C=O) groups is 2. The molecule has 0 aliphatic carbocycles. The van der Waals surface area contributed by atoms with E-state index in [1.54, 1.807) is 0 Å². The minimum absolute atomic E-state index is 0.282. The molecule has 0 aliphatic heterocycles. The first kappa shape index (κ1) is 12.6. The molecule has 2 aromatic rings. The maximum Gasteiger partial charge on any atom is 0.348 e. The molecule has 0 spiro atoms. The van der Waals surface area contributed by atoms with E-state index in [-0.39, 0.29) is 10.4 Å². The lowest BCUT2D eigenvalue weighted by Gasteiger charge is -2.01. The summed E-state index contributed by atoms with van der Waals surface area (Å²) in [6, 6.07) is 5.64. The number of rotatable bonds is 2. The fraction of sp³-hybridized carbons (Fsp3) is 0.231. The molecular weight excluding hydrogens is 252 g/mol. The van der Waals surface area contributed by atoms with E-state index in [1.807, 2.05) is 25.1 Å². The topological polar surface area (TPSA) is 52.6 Å². The number of ether oxygens (including phenoxy) is 2. The molecule has 0 bridgehead atoms. The largest absolute Gasteiger partial charge is 0.465 e. The zero-order chi connectivity index (χ0) is 13.3. The molecule has 94 valence electrons. The summed E-state index contributed by atoms with van der Waals surface area (Å²) in [4.78, 5) is 23.8. The Balaban J connectivity index is 2.76. The van der Waals surface area contributed by atoms with Gasteiger partial charge in [-0.2, -0.15) is 0 Å². The number of hydrogen-bond acceptors (Lipinski definition) is 5. The summed E-state index contributed by atoms with van der Waals surface area (Å²) in [5.41, 5.74) is 1.35. The van der Waals surface area contributed by atoms with E-state index in [1.165, 1.54) is 25.6 Å². The van der Waals surface area contributed by atoms with Crippen LogP contribution in [0.3, 0.4) is 0 Å². The van der Waals surface area contributed by atoms with E-state index in [0.29, 0.717) is 0 Å².